The smallest absolute Gasteiger partial charge is 0.164 e. The summed E-state index contributed by atoms with van der Waals surface area (Å²) in [7, 11) is 0. The lowest BCUT2D eigenvalue weighted by Crippen LogP contribution is -2.43. The van der Waals surface area contributed by atoms with Gasteiger partial charge in [0.25, 0.3) is 0 Å². The van der Waals surface area contributed by atoms with E-state index >= 15 is 0 Å². The summed E-state index contributed by atoms with van der Waals surface area (Å²) in [6, 6.07) is 127. The normalized spacial score (nSPS) is 13.6. The van der Waals surface area contributed by atoms with E-state index < -0.39 is 0 Å². The molecule has 0 bridgehead atoms. The zero-order valence-corrected chi connectivity index (χ0v) is 63.7. The van der Waals surface area contributed by atoms with Crippen LogP contribution in [0.1, 0.15) is 63.8 Å². The van der Waals surface area contributed by atoms with E-state index in [1.54, 1.807) is 0 Å². The molecule has 22 rings (SSSR count). The van der Waals surface area contributed by atoms with Crippen molar-refractivity contribution < 1.29 is 0 Å². The molecule has 113 heavy (non-hydrogen) atoms. The van der Waals surface area contributed by atoms with Crippen molar-refractivity contribution in [2.45, 2.75) is 57.8 Å². The monoisotopic (exact) mass is 1440 g/mol. The molecule has 0 amide bonds. The highest BCUT2D eigenvalue weighted by Crippen LogP contribution is 2.55. The maximum atomic E-state index is 5.27. The lowest BCUT2D eigenvalue weighted by atomic mass is 9.55. The summed E-state index contributed by atoms with van der Waals surface area (Å²) < 4.78 is 0. The van der Waals surface area contributed by atoms with Crippen molar-refractivity contribution in [2.24, 2.45) is 0 Å². The number of rotatable bonds is 8. The van der Waals surface area contributed by atoms with E-state index in [1.165, 1.54) is 142 Å². The Morgan fingerprint density at radius 3 is 0.965 bits per heavy atom. The fourth-order valence-electron chi connectivity index (χ4n) is 18.4. The first-order valence-corrected chi connectivity index (χ1v) is 39.1. The molecule has 6 heteroatoms. The molecule has 0 radical (unpaired) electrons. The van der Waals surface area contributed by atoms with E-state index in [-0.39, 0.29) is 16.2 Å². The molecule has 2 aromatic heterocycles. The Balaban J connectivity index is 0.000000142. The first-order chi connectivity index (χ1) is 55.3. The van der Waals surface area contributed by atoms with Crippen molar-refractivity contribution in [2.75, 3.05) is 0 Å². The number of benzene rings is 18. The minimum atomic E-state index is -0.139. The van der Waals surface area contributed by atoms with Crippen molar-refractivity contribution in [3.8, 4) is 113 Å². The minimum Gasteiger partial charge on any atom is -0.208 e. The topological polar surface area (TPSA) is 77.3 Å². The van der Waals surface area contributed by atoms with Gasteiger partial charge < -0.3 is 0 Å². The Morgan fingerprint density at radius 1 is 0.168 bits per heavy atom. The van der Waals surface area contributed by atoms with Crippen LogP contribution in [-0.4, -0.2) is 29.9 Å². The second-order valence-electron chi connectivity index (χ2n) is 32.0. The summed E-state index contributed by atoms with van der Waals surface area (Å²) in [5.41, 5.74) is 20.5. The molecular formula is C107H76N6. The third-order valence-corrected chi connectivity index (χ3v) is 24.9. The lowest BCUT2D eigenvalue weighted by Gasteiger charge is -2.48. The van der Waals surface area contributed by atoms with Crippen LogP contribution in [0.4, 0.5) is 0 Å². The van der Waals surface area contributed by atoms with Crippen LogP contribution in [0.15, 0.2) is 352 Å². The lowest BCUT2D eigenvalue weighted by molar-refractivity contribution is 0.299. The van der Waals surface area contributed by atoms with Crippen molar-refractivity contribution in [3.63, 3.8) is 0 Å². The molecule has 2 aliphatic carbocycles. The van der Waals surface area contributed by atoms with Gasteiger partial charge in [-0.05, 0) is 200 Å². The average molecular weight is 1450 g/mol. The number of aromatic nitrogens is 6. The summed E-state index contributed by atoms with van der Waals surface area (Å²) in [6.45, 7) is 14.1. The van der Waals surface area contributed by atoms with E-state index in [2.05, 4.69) is 357 Å². The molecule has 0 aliphatic heterocycles. The Hall–Kier alpha value is -13.9. The van der Waals surface area contributed by atoms with Gasteiger partial charge in [-0.1, -0.05) is 357 Å². The van der Waals surface area contributed by atoms with Crippen molar-refractivity contribution >= 4 is 86.2 Å². The van der Waals surface area contributed by atoms with E-state index in [0.717, 1.165) is 44.5 Å². The van der Waals surface area contributed by atoms with Gasteiger partial charge >= 0.3 is 0 Å². The van der Waals surface area contributed by atoms with Gasteiger partial charge in [0, 0.05) is 38.8 Å². The molecule has 18 aromatic carbocycles. The van der Waals surface area contributed by atoms with Crippen molar-refractivity contribution in [1.82, 2.24) is 29.9 Å². The first kappa shape index (κ1) is 67.2. The van der Waals surface area contributed by atoms with Gasteiger partial charge in [-0.3, -0.25) is 0 Å². The van der Waals surface area contributed by atoms with Gasteiger partial charge in [-0.25, -0.2) is 29.9 Å². The largest absolute Gasteiger partial charge is 0.208 e. The molecule has 0 unspecified atom stereocenters. The minimum absolute atomic E-state index is 0.0812. The quantitative estimate of drug-likeness (QED) is 0.141. The first-order valence-electron chi connectivity index (χ1n) is 39.1. The van der Waals surface area contributed by atoms with E-state index in [4.69, 9.17) is 29.9 Å². The summed E-state index contributed by atoms with van der Waals surface area (Å²) in [6.07, 6.45) is 0. The fourth-order valence-corrected chi connectivity index (χ4v) is 18.4. The van der Waals surface area contributed by atoms with Crippen molar-refractivity contribution in [1.29, 1.82) is 0 Å². The molecular weight excluding hydrogens is 1370 g/mol. The molecule has 2 heterocycles. The Morgan fingerprint density at radius 2 is 0.487 bits per heavy atom. The predicted molar refractivity (Wildman–Crippen MR) is 472 cm³/mol. The molecule has 0 N–H and O–H groups in total. The van der Waals surface area contributed by atoms with Gasteiger partial charge in [0.05, 0.1) is 0 Å². The molecule has 6 nitrogen and oxygen atoms in total. The van der Waals surface area contributed by atoms with Crippen LogP contribution in [0.3, 0.4) is 0 Å². The summed E-state index contributed by atoms with van der Waals surface area (Å²) in [4.78, 5) is 31.0. The predicted octanol–water partition coefficient (Wildman–Crippen LogP) is 27.8. The van der Waals surface area contributed by atoms with Crippen LogP contribution in [0, 0.1) is 0 Å². The van der Waals surface area contributed by atoms with E-state index in [9.17, 15) is 0 Å². The van der Waals surface area contributed by atoms with Gasteiger partial charge in [0.1, 0.15) is 0 Å². The number of hydrogen-bond donors (Lipinski definition) is 0. The standard InChI is InChI=1S/C55H41N3.C52H35N3/c1-54(2)48-24-13-12-23-43(48)44-27-26-39(33-49(44)55(54,3)4)53-57-51(35-16-6-5-7-17-35)56-52(58-53)38-20-14-19-36(31-38)47-32-37-18-9-11-22-41(37)50-45-28-25-34-15-8-10-21-40(34)42(45)29-30-46(47)50;1-52(2)46-22-11-10-21-41(46)42-25-24-37(31-47(42)52)51-54-49(33-14-4-3-5-15-33)53-50(55-51)36-18-12-17-34(29-36)45-30-35-16-7-9-20-39(35)48-43-26-23-32-13-6-8-19-38(32)40(43)27-28-44(45)48/h5-33H,1-4H3;3-31H,1-2H3. The number of nitrogens with zero attached hydrogens (tertiary/aromatic N) is 6. The van der Waals surface area contributed by atoms with Crippen LogP contribution >= 0.6 is 0 Å². The number of hydrogen-bond acceptors (Lipinski definition) is 6. The van der Waals surface area contributed by atoms with Crippen LogP contribution in [-0.2, 0) is 16.2 Å². The maximum Gasteiger partial charge on any atom is 0.164 e. The highest BCUT2D eigenvalue weighted by atomic mass is 15.0. The third-order valence-electron chi connectivity index (χ3n) is 24.9. The third kappa shape index (κ3) is 11.0. The molecule has 0 saturated heterocycles. The van der Waals surface area contributed by atoms with E-state index in [0.29, 0.717) is 34.9 Å². The van der Waals surface area contributed by atoms with Gasteiger partial charge in [-0.15, -0.1) is 0 Å². The summed E-state index contributed by atoms with van der Waals surface area (Å²) >= 11 is 0. The van der Waals surface area contributed by atoms with Crippen LogP contribution in [0.25, 0.3) is 199 Å². The fraction of sp³-hybridized carbons (Fsp3) is 0.0841. The summed E-state index contributed by atoms with van der Waals surface area (Å²) in [5.74, 6) is 3.94. The zero-order valence-electron chi connectivity index (χ0n) is 63.7. The number of fused-ring (bicyclic) bond motifs is 20. The second kappa shape index (κ2) is 26.1. The van der Waals surface area contributed by atoms with Gasteiger partial charge in [0.2, 0.25) is 0 Å². The Labute approximate surface area is 656 Å². The van der Waals surface area contributed by atoms with Crippen LogP contribution in [0.5, 0.6) is 0 Å². The summed E-state index contributed by atoms with van der Waals surface area (Å²) in [5, 5.41) is 20.1. The Kier molecular flexibility index (Phi) is 15.5. The Bertz CT molecular complexity index is 7340. The molecule has 0 spiro atoms. The molecule has 0 atom stereocenters. The van der Waals surface area contributed by atoms with Crippen LogP contribution < -0.4 is 0 Å². The van der Waals surface area contributed by atoms with Gasteiger partial charge in [0.15, 0.2) is 34.9 Å². The van der Waals surface area contributed by atoms with E-state index in [1.807, 2.05) is 36.4 Å². The second-order valence-corrected chi connectivity index (χ2v) is 32.0. The maximum absolute atomic E-state index is 5.27. The average Bonchev–Trinajstić information content (AvgIpc) is 1.70. The molecule has 0 fully saturated rings. The zero-order chi connectivity index (χ0) is 75.8. The highest BCUT2D eigenvalue weighted by Gasteiger charge is 2.46. The van der Waals surface area contributed by atoms with Gasteiger partial charge in [-0.2, -0.15) is 0 Å². The molecule has 0 saturated carbocycles. The SMILES string of the molecule is CC1(C)c2ccccc2-c2ccc(-c3nc(-c4ccccc4)nc(-c4cccc(-c5cc6ccccc6c6c5ccc5c7ccccc7ccc56)c4)n3)cc21.CC1(C)c2ccccc2-c2ccc(-c3nc(-c4ccccc4)nc(-c4cccc(-c5cc6ccccc6c6c5ccc5c7ccccc7ccc56)c4)n3)cc2C1(C)C. The molecule has 534 valence electrons. The molecule has 2 aliphatic rings. The van der Waals surface area contributed by atoms with Crippen molar-refractivity contribution in [3.05, 3.63) is 374 Å². The van der Waals surface area contributed by atoms with Crippen LogP contribution in [0.2, 0.25) is 0 Å². The highest BCUT2D eigenvalue weighted by molar-refractivity contribution is 6.29. The molecule has 20 aromatic rings.